The molecule has 66 valence electrons. The van der Waals surface area contributed by atoms with Crippen LogP contribution in [-0.4, -0.2) is 8.76 Å². The Kier molecular flexibility index (Phi) is 2.67. The Bertz CT molecular complexity index is 294. The lowest BCUT2D eigenvalue weighted by atomic mass is 10.2. The van der Waals surface area contributed by atoms with E-state index in [1.807, 2.05) is 6.92 Å². The third-order valence-electron chi connectivity index (χ3n) is 1.30. The molecule has 0 spiro atoms. The fourth-order valence-electron chi connectivity index (χ4n) is 0.968. The maximum absolute atomic E-state index is 10.2. The molecule has 0 aromatic heterocycles. The maximum atomic E-state index is 10.2. The third kappa shape index (κ3) is 2.52. The monoisotopic (exact) mass is 185 g/mol. The highest BCUT2D eigenvalue weighted by atomic mass is 32.2. The van der Waals surface area contributed by atoms with Gasteiger partial charge < -0.3 is 15.0 Å². The average Bonchev–Trinajstić information content (AvgIpc) is 1.81. The molecule has 0 saturated carbocycles. The molecule has 5 heteroatoms. The largest absolute Gasteiger partial charge is 0.755 e. The standard InChI is InChI=1S/C7H10N2O2S/c1-5-2-6(8)4-7(3-5)9-12(10)11/h2-4,9H,8H2,1H3,(H,10,11)/p-1. The lowest BCUT2D eigenvalue weighted by molar-refractivity contribution is 0.542. The van der Waals surface area contributed by atoms with Crippen molar-refractivity contribution in [2.24, 2.45) is 0 Å². The Hall–Kier alpha value is -1.07. The van der Waals surface area contributed by atoms with E-state index in [-0.39, 0.29) is 0 Å². The number of anilines is 2. The second-order valence-electron chi connectivity index (χ2n) is 2.47. The SMILES string of the molecule is Cc1cc(N)cc(NS(=O)[O-])c1. The Balaban J connectivity index is 2.93. The number of rotatable bonds is 2. The van der Waals surface area contributed by atoms with E-state index in [2.05, 4.69) is 4.72 Å². The van der Waals surface area contributed by atoms with Gasteiger partial charge in [-0.3, -0.25) is 4.21 Å². The number of hydrogen-bond acceptors (Lipinski definition) is 3. The van der Waals surface area contributed by atoms with Crippen LogP contribution in [0.2, 0.25) is 0 Å². The first-order valence-electron chi connectivity index (χ1n) is 3.31. The number of benzene rings is 1. The first-order chi connectivity index (χ1) is 5.58. The molecule has 0 bridgehead atoms. The molecule has 12 heavy (non-hydrogen) atoms. The molecule has 0 aliphatic rings. The number of nitrogens with one attached hydrogen (secondary N) is 1. The highest BCUT2D eigenvalue weighted by molar-refractivity contribution is 7.80. The first kappa shape index (κ1) is 9.02. The van der Waals surface area contributed by atoms with Crippen molar-refractivity contribution in [3.05, 3.63) is 23.8 Å². The van der Waals surface area contributed by atoms with Gasteiger partial charge in [-0.2, -0.15) is 0 Å². The molecular formula is C7H9N2O2S-. The molecule has 3 N–H and O–H groups in total. The van der Waals surface area contributed by atoms with Gasteiger partial charge in [0.2, 0.25) is 0 Å². The van der Waals surface area contributed by atoms with Gasteiger partial charge in [-0.15, -0.1) is 0 Å². The fraction of sp³-hybridized carbons (Fsp3) is 0.143. The van der Waals surface area contributed by atoms with Crippen LogP contribution < -0.4 is 10.5 Å². The minimum absolute atomic E-state index is 0.487. The van der Waals surface area contributed by atoms with Gasteiger partial charge >= 0.3 is 0 Å². The Morgan fingerprint density at radius 3 is 2.67 bits per heavy atom. The fourth-order valence-corrected chi connectivity index (χ4v) is 1.28. The predicted molar refractivity (Wildman–Crippen MR) is 48.1 cm³/mol. The van der Waals surface area contributed by atoms with Gasteiger partial charge in [-0.05, 0) is 30.7 Å². The third-order valence-corrected chi connectivity index (χ3v) is 1.70. The molecule has 0 saturated heterocycles. The van der Waals surface area contributed by atoms with Crippen LogP contribution in [0.1, 0.15) is 5.56 Å². The minimum Gasteiger partial charge on any atom is -0.755 e. The maximum Gasteiger partial charge on any atom is 0.0475 e. The summed E-state index contributed by atoms with van der Waals surface area (Å²) in [5, 5.41) is 0. The van der Waals surface area contributed by atoms with Gasteiger partial charge in [0.05, 0.1) is 0 Å². The summed E-state index contributed by atoms with van der Waals surface area (Å²) in [6, 6.07) is 5.02. The molecule has 1 aromatic rings. The summed E-state index contributed by atoms with van der Waals surface area (Å²) in [5.74, 6) is 0. The lowest BCUT2D eigenvalue weighted by Crippen LogP contribution is -2.02. The summed E-state index contributed by atoms with van der Waals surface area (Å²) < 4.78 is 22.7. The zero-order valence-corrected chi connectivity index (χ0v) is 7.35. The van der Waals surface area contributed by atoms with Crippen LogP contribution in [0.25, 0.3) is 0 Å². The molecule has 1 aromatic carbocycles. The molecule has 0 heterocycles. The summed E-state index contributed by atoms with van der Waals surface area (Å²) in [6.07, 6.45) is 0. The topological polar surface area (TPSA) is 78.2 Å². The van der Waals surface area contributed by atoms with Crippen molar-refractivity contribution in [3.63, 3.8) is 0 Å². The highest BCUT2D eigenvalue weighted by Crippen LogP contribution is 2.15. The Labute approximate surface area is 73.2 Å². The van der Waals surface area contributed by atoms with Crippen molar-refractivity contribution in [2.75, 3.05) is 10.5 Å². The molecule has 0 aliphatic carbocycles. The molecule has 0 radical (unpaired) electrons. The van der Waals surface area contributed by atoms with Crippen LogP contribution in [0.3, 0.4) is 0 Å². The highest BCUT2D eigenvalue weighted by Gasteiger charge is 1.94. The van der Waals surface area contributed by atoms with Crippen LogP contribution in [0.15, 0.2) is 18.2 Å². The average molecular weight is 185 g/mol. The minimum atomic E-state index is -2.29. The van der Waals surface area contributed by atoms with E-state index in [0.717, 1.165) is 5.56 Å². The predicted octanol–water partition coefficient (Wildman–Crippen LogP) is 0.783. The van der Waals surface area contributed by atoms with Gasteiger partial charge in [0.15, 0.2) is 0 Å². The van der Waals surface area contributed by atoms with Crippen LogP contribution in [0.5, 0.6) is 0 Å². The van der Waals surface area contributed by atoms with E-state index in [1.54, 1.807) is 18.2 Å². The second-order valence-corrected chi connectivity index (χ2v) is 3.14. The van der Waals surface area contributed by atoms with Gasteiger partial charge in [-0.25, -0.2) is 0 Å². The Morgan fingerprint density at radius 2 is 2.17 bits per heavy atom. The molecule has 0 aliphatic heterocycles. The molecule has 1 unspecified atom stereocenters. The van der Waals surface area contributed by atoms with E-state index in [4.69, 9.17) is 5.73 Å². The molecule has 1 atom stereocenters. The van der Waals surface area contributed by atoms with Crippen molar-refractivity contribution >= 4 is 22.6 Å². The number of nitrogens with two attached hydrogens (primary N) is 1. The van der Waals surface area contributed by atoms with E-state index < -0.39 is 11.3 Å². The molecular weight excluding hydrogens is 176 g/mol. The van der Waals surface area contributed by atoms with E-state index >= 15 is 0 Å². The van der Waals surface area contributed by atoms with E-state index in [0.29, 0.717) is 11.4 Å². The molecule has 4 nitrogen and oxygen atoms in total. The molecule has 0 amide bonds. The number of nitrogen functional groups attached to an aromatic ring is 1. The summed E-state index contributed by atoms with van der Waals surface area (Å²) >= 11 is -2.29. The zero-order chi connectivity index (χ0) is 9.14. The second kappa shape index (κ2) is 3.55. The zero-order valence-electron chi connectivity index (χ0n) is 6.53. The van der Waals surface area contributed by atoms with Crippen LogP contribution in [-0.2, 0) is 11.3 Å². The smallest absolute Gasteiger partial charge is 0.0475 e. The van der Waals surface area contributed by atoms with E-state index in [1.165, 1.54) is 0 Å². The summed E-state index contributed by atoms with van der Waals surface area (Å²) in [6.45, 7) is 1.84. The Morgan fingerprint density at radius 1 is 1.50 bits per heavy atom. The molecule has 1 rings (SSSR count). The van der Waals surface area contributed by atoms with Gasteiger partial charge in [0.25, 0.3) is 0 Å². The first-order valence-corrected chi connectivity index (χ1v) is 4.38. The number of hydrogen-bond donors (Lipinski definition) is 2. The lowest BCUT2D eigenvalue weighted by Gasteiger charge is -2.09. The van der Waals surface area contributed by atoms with Crippen molar-refractivity contribution in [3.8, 4) is 0 Å². The summed E-state index contributed by atoms with van der Waals surface area (Å²) in [7, 11) is 0. The number of aryl methyl sites for hydroxylation is 1. The molecule has 0 fully saturated rings. The summed E-state index contributed by atoms with van der Waals surface area (Å²) in [5.41, 5.74) is 7.44. The van der Waals surface area contributed by atoms with Crippen molar-refractivity contribution in [2.45, 2.75) is 6.92 Å². The van der Waals surface area contributed by atoms with Gasteiger partial charge in [-0.1, -0.05) is 0 Å². The van der Waals surface area contributed by atoms with Gasteiger partial charge in [0, 0.05) is 22.6 Å². The van der Waals surface area contributed by atoms with Crippen molar-refractivity contribution < 1.29 is 8.76 Å². The van der Waals surface area contributed by atoms with Crippen LogP contribution in [0, 0.1) is 6.92 Å². The van der Waals surface area contributed by atoms with Crippen molar-refractivity contribution in [1.29, 1.82) is 0 Å². The van der Waals surface area contributed by atoms with E-state index in [9.17, 15) is 8.76 Å². The van der Waals surface area contributed by atoms with Gasteiger partial charge in [0.1, 0.15) is 0 Å². The van der Waals surface area contributed by atoms with Crippen LogP contribution in [0.4, 0.5) is 11.4 Å². The van der Waals surface area contributed by atoms with Crippen LogP contribution >= 0.6 is 0 Å². The summed E-state index contributed by atoms with van der Waals surface area (Å²) in [4.78, 5) is 0. The quantitative estimate of drug-likeness (QED) is 0.528. The normalized spacial score (nSPS) is 12.5. The van der Waals surface area contributed by atoms with Crippen molar-refractivity contribution in [1.82, 2.24) is 0 Å².